The minimum Gasteiger partial charge on any atom is -0.390 e. The van der Waals surface area contributed by atoms with Crippen molar-refractivity contribution in [1.29, 1.82) is 0 Å². The second kappa shape index (κ2) is 9.37. The Balaban J connectivity index is 1.46. The molecule has 0 aromatic rings. The first kappa shape index (κ1) is 25.9. The normalized spacial score (nSPS) is 46.5. The van der Waals surface area contributed by atoms with E-state index < -0.39 is 22.6 Å². The Morgan fingerprint density at radius 3 is 2.33 bits per heavy atom. The predicted molar refractivity (Wildman–Crippen MR) is 131 cm³/mol. The summed E-state index contributed by atoms with van der Waals surface area (Å²) in [6, 6.07) is 0. The van der Waals surface area contributed by atoms with E-state index in [0.29, 0.717) is 30.1 Å². The van der Waals surface area contributed by atoms with Gasteiger partial charge < -0.3 is 5.11 Å². The van der Waals surface area contributed by atoms with Gasteiger partial charge in [-0.2, -0.15) is 8.42 Å². The Labute approximate surface area is 202 Å². The maximum absolute atomic E-state index is 11.3. The third-order valence-corrected chi connectivity index (χ3v) is 11.6. The summed E-state index contributed by atoms with van der Waals surface area (Å²) in [5, 5.41) is 10.8. The van der Waals surface area contributed by atoms with Crippen LogP contribution < -0.4 is 0 Å². The number of hydrogen-bond acceptors (Lipinski definition) is 4. The van der Waals surface area contributed by atoms with Gasteiger partial charge in [0.15, 0.2) is 0 Å². The SMILES string of the molecule is CC(C)CCC[C@@H](C)[C@H]1CC[C@H]2[C@@H]3CC[C@H]4C[C@H](OS(=O)(=O)O)[C@@H](O)C[C@]4(C)[C@H]3CC[C@]12C. The van der Waals surface area contributed by atoms with Crippen LogP contribution in [0.5, 0.6) is 0 Å². The summed E-state index contributed by atoms with van der Waals surface area (Å²) in [6.07, 6.45) is 11.1. The predicted octanol–water partition coefficient (Wildman–Crippen LogP) is 6.27. The lowest BCUT2D eigenvalue weighted by Gasteiger charge is -2.61. The van der Waals surface area contributed by atoms with Crippen LogP contribution in [0.4, 0.5) is 0 Å². The highest BCUT2D eigenvalue weighted by molar-refractivity contribution is 7.80. The number of fused-ring (bicyclic) bond motifs is 5. The molecule has 2 N–H and O–H groups in total. The van der Waals surface area contributed by atoms with Gasteiger partial charge in [-0.15, -0.1) is 0 Å². The van der Waals surface area contributed by atoms with Crippen LogP contribution in [-0.4, -0.2) is 30.3 Å². The van der Waals surface area contributed by atoms with Crippen molar-refractivity contribution in [2.24, 2.45) is 52.3 Å². The van der Waals surface area contributed by atoms with Crippen LogP contribution >= 0.6 is 0 Å². The Morgan fingerprint density at radius 2 is 1.67 bits per heavy atom. The van der Waals surface area contributed by atoms with E-state index in [1.807, 2.05) is 0 Å². The molecule has 4 saturated carbocycles. The van der Waals surface area contributed by atoms with Crippen LogP contribution in [0.25, 0.3) is 0 Å². The van der Waals surface area contributed by atoms with Crippen LogP contribution in [0.15, 0.2) is 0 Å². The lowest BCUT2D eigenvalue weighted by molar-refractivity contribution is -0.156. The molecule has 0 saturated heterocycles. The molecule has 6 heteroatoms. The zero-order valence-electron chi connectivity index (χ0n) is 21.5. The highest BCUT2D eigenvalue weighted by Crippen LogP contribution is 2.68. The fourth-order valence-electron chi connectivity index (χ4n) is 9.54. The fraction of sp³-hybridized carbons (Fsp3) is 1.00. The quantitative estimate of drug-likeness (QED) is 0.416. The Morgan fingerprint density at radius 1 is 0.970 bits per heavy atom. The van der Waals surface area contributed by atoms with Crippen molar-refractivity contribution in [3.05, 3.63) is 0 Å². The monoisotopic (exact) mass is 484 g/mol. The van der Waals surface area contributed by atoms with E-state index in [1.54, 1.807) is 0 Å². The Hall–Kier alpha value is -0.170. The van der Waals surface area contributed by atoms with Gasteiger partial charge in [0.1, 0.15) is 6.10 Å². The molecule has 0 heterocycles. The number of rotatable bonds is 7. The fourth-order valence-corrected chi connectivity index (χ4v) is 10.1. The van der Waals surface area contributed by atoms with Crippen LogP contribution in [0.2, 0.25) is 0 Å². The highest BCUT2D eigenvalue weighted by Gasteiger charge is 2.61. The molecule has 0 spiro atoms. The maximum atomic E-state index is 11.3. The lowest BCUT2D eigenvalue weighted by Crippen LogP contribution is -2.57. The molecule has 4 fully saturated rings. The van der Waals surface area contributed by atoms with E-state index in [9.17, 15) is 13.5 Å². The number of aliphatic hydroxyl groups is 1. The van der Waals surface area contributed by atoms with Crippen LogP contribution in [-0.2, 0) is 14.6 Å². The number of hydrogen-bond donors (Lipinski definition) is 2. The van der Waals surface area contributed by atoms with Crippen molar-refractivity contribution in [2.75, 3.05) is 0 Å². The van der Waals surface area contributed by atoms with Crippen molar-refractivity contribution in [3.63, 3.8) is 0 Å². The van der Waals surface area contributed by atoms with Crippen molar-refractivity contribution >= 4 is 10.4 Å². The first-order valence-corrected chi connectivity index (χ1v) is 15.1. The summed E-state index contributed by atoms with van der Waals surface area (Å²) >= 11 is 0. The van der Waals surface area contributed by atoms with Gasteiger partial charge in [0.05, 0.1) is 6.10 Å². The number of aliphatic hydroxyl groups excluding tert-OH is 1. The average Bonchev–Trinajstić information content (AvgIpc) is 3.04. The third-order valence-electron chi connectivity index (χ3n) is 11.1. The highest BCUT2D eigenvalue weighted by atomic mass is 32.3. The standard InChI is InChI=1S/C27H48O5S/c1-17(2)7-6-8-18(3)21-11-12-22-20-10-9-19-15-25(32-33(29,30)31)24(28)16-27(19,5)23(20)13-14-26(21,22)4/h17-25,28H,6-16H2,1-5H3,(H,29,30,31)/t18-,19+,20+,21-,22+,23+,24+,25+,26-,27+/m1/s1. The summed E-state index contributed by atoms with van der Waals surface area (Å²) in [4.78, 5) is 0. The van der Waals surface area contributed by atoms with E-state index in [2.05, 4.69) is 34.6 Å². The molecule has 4 aliphatic carbocycles. The first-order valence-electron chi connectivity index (χ1n) is 13.7. The summed E-state index contributed by atoms with van der Waals surface area (Å²) in [7, 11) is -4.54. The smallest absolute Gasteiger partial charge is 0.390 e. The minimum atomic E-state index is -4.54. The summed E-state index contributed by atoms with van der Waals surface area (Å²) in [6.45, 7) is 12.1. The van der Waals surface area contributed by atoms with Gasteiger partial charge in [0, 0.05) is 0 Å². The Kier molecular flexibility index (Phi) is 7.35. The van der Waals surface area contributed by atoms with Gasteiger partial charge in [-0.05, 0) is 104 Å². The molecule has 0 unspecified atom stereocenters. The Bertz CT molecular complexity index is 796. The molecule has 0 amide bonds. The van der Waals surface area contributed by atoms with Crippen molar-refractivity contribution < 1.29 is 22.3 Å². The molecule has 0 bridgehead atoms. The molecule has 192 valence electrons. The molecule has 0 radical (unpaired) electrons. The van der Waals surface area contributed by atoms with Gasteiger partial charge in [-0.1, -0.05) is 53.9 Å². The van der Waals surface area contributed by atoms with Gasteiger partial charge in [0.25, 0.3) is 0 Å². The van der Waals surface area contributed by atoms with Crippen molar-refractivity contribution in [1.82, 2.24) is 0 Å². The van der Waals surface area contributed by atoms with E-state index in [1.165, 1.54) is 51.4 Å². The van der Waals surface area contributed by atoms with Crippen molar-refractivity contribution in [3.8, 4) is 0 Å². The maximum Gasteiger partial charge on any atom is 0.397 e. The average molecular weight is 485 g/mol. The van der Waals surface area contributed by atoms with Gasteiger partial charge in [-0.3, -0.25) is 4.55 Å². The molecule has 0 aromatic heterocycles. The molecule has 10 atom stereocenters. The summed E-state index contributed by atoms with van der Waals surface area (Å²) < 4.78 is 36.6. The molecule has 0 aromatic carbocycles. The second-order valence-electron chi connectivity index (χ2n) is 13.3. The van der Waals surface area contributed by atoms with Gasteiger partial charge in [0.2, 0.25) is 0 Å². The molecule has 4 rings (SSSR count). The molecule has 33 heavy (non-hydrogen) atoms. The molecule has 5 nitrogen and oxygen atoms in total. The minimum absolute atomic E-state index is 0.0315. The van der Waals surface area contributed by atoms with E-state index in [-0.39, 0.29) is 5.41 Å². The summed E-state index contributed by atoms with van der Waals surface area (Å²) in [5.41, 5.74) is 0.481. The van der Waals surface area contributed by atoms with Crippen LogP contribution in [0, 0.1) is 52.3 Å². The lowest BCUT2D eigenvalue weighted by atomic mass is 9.44. The zero-order chi connectivity index (χ0) is 24.2. The second-order valence-corrected chi connectivity index (χ2v) is 14.3. The van der Waals surface area contributed by atoms with Gasteiger partial charge in [-0.25, -0.2) is 4.18 Å². The van der Waals surface area contributed by atoms with E-state index in [0.717, 1.165) is 36.0 Å². The largest absolute Gasteiger partial charge is 0.397 e. The molecular weight excluding hydrogens is 436 g/mol. The van der Waals surface area contributed by atoms with Gasteiger partial charge >= 0.3 is 10.4 Å². The molecule has 4 aliphatic rings. The van der Waals surface area contributed by atoms with Crippen LogP contribution in [0.3, 0.4) is 0 Å². The zero-order valence-corrected chi connectivity index (χ0v) is 22.3. The topological polar surface area (TPSA) is 83.8 Å². The van der Waals surface area contributed by atoms with Crippen LogP contribution in [0.1, 0.15) is 105 Å². The van der Waals surface area contributed by atoms with Crippen molar-refractivity contribution in [2.45, 2.75) is 117 Å². The summed E-state index contributed by atoms with van der Waals surface area (Å²) in [5.74, 6) is 4.90. The third kappa shape index (κ3) is 4.93. The molecule has 0 aliphatic heterocycles. The first-order chi connectivity index (χ1) is 15.3. The van der Waals surface area contributed by atoms with E-state index in [4.69, 9.17) is 8.74 Å². The van der Waals surface area contributed by atoms with E-state index >= 15 is 0 Å². The molecular formula is C27H48O5S.